The van der Waals surface area contributed by atoms with Crippen molar-refractivity contribution in [2.24, 2.45) is 5.92 Å². The van der Waals surface area contributed by atoms with Crippen LogP contribution in [0.5, 0.6) is 0 Å². The molecule has 112 valence electrons. The lowest BCUT2D eigenvalue weighted by molar-refractivity contribution is 0.127. The van der Waals surface area contributed by atoms with E-state index >= 15 is 0 Å². The summed E-state index contributed by atoms with van der Waals surface area (Å²) in [6.07, 6.45) is 2.28. The summed E-state index contributed by atoms with van der Waals surface area (Å²) in [4.78, 5) is 18.8. The highest BCUT2D eigenvalue weighted by molar-refractivity contribution is 6.30. The molecule has 1 aliphatic rings. The summed E-state index contributed by atoms with van der Waals surface area (Å²) in [6.45, 7) is 4.24. The second-order valence-electron chi connectivity index (χ2n) is 5.69. The molecular formula is C15H18ClN3O2. The number of hydrogen-bond donors (Lipinski definition) is 1. The van der Waals surface area contributed by atoms with E-state index in [-0.39, 0.29) is 11.7 Å². The van der Waals surface area contributed by atoms with E-state index in [2.05, 4.69) is 9.88 Å². The molecule has 2 unspecified atom stereocenters. The number of aliphatic hydroxyl groups excluding tert-OH is 1. The van der Waals surface area contributed by atoms with Crippen molar-refractivity contribution < 1.29 is 5.11 Å². The second-order valence-corrected chi connectivity index (χ2v) is 6.12. The number of pyridine rings is 1. The predicted molar refractivity (Wildman–Crippen MR) is 81.5 cm³/mol. The van der Waals surface area contributed by atoms with E-state index < -0.39 is 0 Å². The van der Waals surface area contributed by atoms with Crippen LogP contribution < -0.4 is 5.56 Å². The Labute approximate surface area is 127 Å². The first-order chi connectivity index (χ1) is 10.0. The number of halogens is 1. The van der Waals surface area contributed by atoms with Gasteiger partial charge >= 0.3 is 0 Å². The van der Waals surface area contributed by atoms with Crippen LogP contribution in [0, 0.1) is 5.92 Å². The Hall–Kier alpha value is -1.43. The van der Waals surface area contributed by atoms with Gasteiger partial charge in [-0.2, -0.15) is 0 Å². The van der Waals surface area contributed by atoms with Crippen LogP contribution in [0.4, 0.5) is 0 Å². The fourth-order valence-corrected chi connectivity index (χ4v) is 3.00. The second kappa shape index (κ2) is 5.75. The third-order valence-electron chi connectivity index (χ3n) is 4.05. The van der Waals surface area contributed by atoms with Gasteiger partial charge < -0.3 is 5.11 Å². The maximum Gasteiger partial charge on any atom is 0.258 e. The molecular weight excluding hydrogens is 290 g/mol. The van der Waals surface area contributed by atoms with Gasteiger partial charge in [-0.3, -0.25) is 14.1 Å². The Balaban J connectivity index is 1.82. The Kier molecular flexibility index (Phi) is 3.97. The number of rotatable bonds is 3. The zero-order valence-electron chi connectivity index (χ0n) is 11.9. The first kappa shape index (κ1) is 14.5. The molecule has 0 aliphatic carbocycles. The number of aromatic nitrogens is 2. The van der Waals surface area contributed by atoms with Gasteiger partial charge in [-0.25, -0.2) is 4.98 Å². The molecule has 0 saturated carbocycles. The van der Waals surface area contributed by atoms with Crippen LogP contribution in [0.2, 0.25) is 5.02 Å². The molecule has 3 rings (SSSR count). The van der Waals surface area contributed by atoms with Crippen molar-refractivity contribution in [1.82, 2.24) is 14.3 Å². The highest BCUT2D eigenvalue weighted by atomic mass is 35.5. The van der Waals surface area contributed by atoms with Gasteiger partial charge in [0.25, 0.3) is 5.56 Å². The first-order valence-corrected chi connectivity index (χ1v) is 7.49. The van der Waals surface area contributed by atoms with Crippen molar-refractivity contribution in [1.29, 1.82) is 0 Å². The van der Waals surface area contributed by atoms with E-state index in [1.165, 1.54) is 4.40 Å². The van der Waals surface area contributed by atoms with Gasteiger partial charge in [-0.05, 0) is 37.9 Å². The SMILES string of the molecule is CC(O)C1CCN(Cc2cc(=O)n3cc(Cl)ccc3n2)C1. The third kappa shape index (κ3) is 3.10. The van der Waals surface area contributed by atoms with Crippen LogP contribution in [0.1, 0.15) is 19.0 Å². The standard InChI is InChI=1S/C15H18ClN3O2/c1-10(20)11-4-5-18(7-11)9-13-6-15(21)19-8-12(16)2-3-14(19)17-13/h2-3,6,8,10-11,20H,4-5,7,9H2,1H3. The smallest absolute Gasteiger partial charge is 0.258 e. The van der Waals surface area contributed by atoms with Crippen molar-refractivity contribution in [2.45, 2.75) is 26.0 Å². The Bertz CT molecular complexity index is 714. The molecule has 1 aliphatic heterocycles. The molecule has 0 radical (unpaired) electrons. The van der Waals surface area contributed by atoms with Gasteiger partial charge in [0.2, 0.25) is 0 Å². The molecule has 5 nitrogen and oxygen atoms in total. The Morgan fingerprint density at radius 3 is 3.05 bits per heavy atom. The minimum absolute atomic E-state index is 0.122. The lowest BCUT2D eigenvalue weighted by atomic mass is 10.0. The third-order valence-corrected chi connectivity index (χ3v) is 4.28. The van der Waals surface area contributed by atoms with E-state index in [0.29, 0.717) is 23.1 Å². The number of aliphatic hydroxyl groups is 1. The van der Waals surface area contributed by atoms with Crippen molar-refractivity contribution in [3.63, 3.8) is 0 Å². The highest BCUT2D eigenvalue weighted by Gasteiger charge is 2.26. The molecule has 0 aromatic carbocycles. The number of nitrogens with zero attached hydrogens (tertiary/aromatic N) is 3. The quantitative estimate of drug-likeness (QED) is 0.935. The van der Waals surface area contributed by atoms with E-state index in [1.54, 1.807) is 24.4 Å². The molecule has 6 heteroatoms. The molecule has 1 saturated heterocycles. The zero-order chi connectivity index (χ0) is 15.0. The lowest BCUT2D eigenvalue weighted by Gasteiger charge is -2.17. The first-order valence-electron chi connectivity index (χ1n) is 7.11. The van der Waals surface area contributed by atoms with Crippen molar-refractivity contribution in [3.05, 3.63) is 45.5 Å². The van der Waals surface area contributed by atoms with Crippen LogP contribution in [0.25, 0.3) is 5.65 Å². The molecule has 0 amide bonds. The van der Waals surface area contributed by atoms with Gasteiger partial charge in [0.1, 0.15) is 5.65 Å². The normalized spacial score (nSPS) is 21.0. The number of likely N-dealkylation sites (tertiary alicyclic amines) is 1. The van der Waals surface area contributed by atoms with E-state index in [9.17, 15) is 9.90 Å². The monoisotopic (exact) mass is 307 g/mol. The summed E-state index contributed by atoms with van der Waals surface area (Å²) in [7, 11) is 0. The van der Waals surface area contributed by atoms with Crippen LogP contribution in [0.15, 0.2) is 29.2 Å². The molecule has 1 fully saturated rings. The topological polar surface area (TPSA) is 57.8 Å². The summed E-state index contributed by atoms with van der Waals surface area (Å²) >= 11 is 5.89. The summed E-state index contributed by atoms with van der Waals surface area (Å²) in [6, 6.07) is 5.03. The van der Waals surface area contributed by atoms with Gasteiger partial charge in [-0.15, -0.1) is 0 Å². The number of hydrogen-bond acceptors (Lipinski definition) is 4. The van der Waals surface area contributed by atoms with Crippen LogP contribution in [-0.2, 0) is 6.54 Å². The highest BCUT2D eigenvalue weighted by Crippen LogP contribution is 2.21. The Morgan fingerprint density at radius 1 is 1.52 bits per heavy atom. The fourth-order valence-electron chi connectivity index (χ4n) is 2.84. The van der Waals surface area contributed by atoms with Crippen molar-refractivity contribution >= 4 is 17.2 Å². The molecule has 0 spiro atoms. The largest absolute Gasteiger partial charge is 0.393 e. The average molecular weight is 308 g/mol. The molecule has 3 heterocycles. The minimum Gasteiger partial charge on any atom is -0.393 e. The van der Waals surface area contributed by atoms with Crippen LogP contribution in [-0.4, -0.2) is 38.6 Å². The summed E-state index contributed by atoms with van der Waals surface area (Å²) in [5.74, 6) is 0.311. The summed E-state index contributed by atoms with van der Waals surface area (Å²) < 4.78 is 1.45. The van der Waals surface area contributed by atoms with Crippen molar-refractivity contribution in [2.75, 3.05) is 13.1 Å². The lowest BCUT2D eigenvalue weighted by Crippen LogP contribution is -2.25. The zero-order valence-corrected chi connectivity index (χ0v) is 12.6. The molecule has 21 heavy (non-hydrogen) atoms. The summed E-state index contributed by atoms with van der Waals surface area (Å²) in [5.41, 5.74) is 1.24. The van der Waals surface area contributed by atoms with E-state index in [1.807, 2.05) is 6.92 Å². The van der Waals surface area contributed by atoms with Gasteiger partial charge in [0.05, 0.1) is 16.8 Å². The van der Waals surface area contributed by atoms with Gasteiger partial charge in [0, 0.05) is 25.4 Å². The Morgan fingerprint density at radius 2 is 2.33 bits per heavy atom. The molecule has 2 atom stereocenters. The number of fused-ring (bicyclic) bond motifs is 1. The molecule has 0 bridgehead atoms. The van der Waals surface area contributed by atoms with Gasteiger partial charge in [0.15, 0.2) is 0 Å². The predicted octanol–water partition coefficient (Wildman–Crippen LogP) is 1.55. The van der Waals surface area contributed by atoms with Crippen molar-refractivity contribution in [3.8, 4) is 0 Å². The molecule has 1 N–H and O–H groups in total. The molecule has 2 aromatic heterocycles. The summed E-state index contributed by atoms with van der Waals surface area (Å²) in [5, 5.41) is 10.2. The maximum absolute atomic E-state index is 12.1. The minimum atomic E-state index is -0.285. The maximum atomic E-state index is 12.1. The molecule has 2 aromatic rings. The van der Waals surface area contributed by atoms with Crippen LogP contribution >= 0.6 is 11.6 Å². The van der Waals surface area contributed by atoms with E-state index in [4.69, 9.17) is 11.6 Å². The van der Waals surface area contributed by atoms with Gasteiger partial charge in [-0.1, -0.05) is 11.6 Å². The van der Waals surface area contributed by atoms with E-state index in [0.717, 1.165) is 25.2 Å². The van der Waals surface area contributed by atoms with Crippen LogP contribution in [0.3, 0.4) is 0 Å². The fraction of sp³-hybridized carbons (Fsp3) is 0.467. The average Bonchev–Trinajstić information content (AvgIpc) is 2.88.